The highest BCUT2D eigenvalue weighted by Crippen LogP contribution is 2.57. The van der Waals surface area contributed by atoms with Crippen molar-refractivity contribution < 1.29 is 12.8 Å². The first-order valence-corrected chi connectivity index (χ1v) is 13.7. The molecule has 1 N–H and O–H groups in total. The van der Waals surface area contributed by atoms with Gasteiger partial charge in [0.1, 0.15) is 0 Å². The molecule has 4 bridgehead atoms. The first-order valence-electron chi connectivity index (χ1n) is 8.27. The molecule has 4 aliphatic carbocycles. The quantitative estimate of drug-likeness (QED) is 0.296. The molecule has 0 heterocycles. The van der Waals surface area contributed by atoms with Gasteiger partial charge in [-0.05, 0) is 62.2 Å². The van der Waals surface area contributed by atoms with Crippen molar-refractivity contribution >= 4 is 52.3 Å². The fourth-order valence-corrected chi connectivity index (χ4v) is 11.1. The first-order chi connectivity index (χ1) is 10.8. The van der Waals surface area contributed by atoms with E-state index < -0.39 is 8.60 Å². The molecule has 0 radical (unpaired) electrons. The van der Waals surface area contributed by atoms with E-state index in [4.69, 9.17) is 7.94 Å². The van der Waals surface area contributed by atoms with Crippen LogP contribution in [0.1, 0.15) is 51.4 Å². The minimum atomic E-state index is -1.75. The van der Waals surface area contributed by atoms with Crippen molar-refractivity contribution in [2.75, 3.05) is 0 Å². The largest absolute Gasteiger partial charge is 0.355 e. The van der Waals surface area contributed by atoms with Crippen LogP contribution in [0.5, 0.6) is 0 Å². The van der Waals surface area contributed by atoms with Crippen molar-refractivity contribution in [3.63, 3.8) is 0 Å². The molecule has 4 fully saturated rings. The molecule has 22 heavy (non-hydrogen) atoms. The van der Waals surface area contributed by atoms with E-state index in [0.717, 1.165) is 34.2 Å². The zero-order valence-corrected chi connectivity index (χ0v) is 16.6. The lowest BCUT2D eigenvalue weighted by Gasteiger charge is -2.20. The summed E-state index contributed by atoms with van der Waals surface area (Å²) >= 11 is 2.68. The van der Waals surface area contributed by atoms with Crippen molar-refractivity contribution in [3.8, 4) is 0 Å². The lowest BCUT2D eigenvalue weighted by molar-refractivity contribution is 0.434. The van der Waals surface area contributed by atoms with Gasteiger partial charge < -0.3 is 4.89 Å². The van der Waals surface area contributed by atoms with E-state index in [0.29, 0.717) is 0 Å². The number of hydrogen-bond donors (Lipinski definition) is 1. The maximum Gasteiger partial charge on any atom is 0.355 e. The van der Waals surface area contributed by atoms with Gasteiger partial charge in [0.05, 0.1) is 22.1 Å². The van der Waals surface area contributed by atoms with Crippen LogP contribution < -0.4 is 0 Å². The second-order valence-electron chi connectivity index (χ2n) is 7.14. The topological polar surface area (TPSA) is 38.7 Å². The van der Waals surface area contributed by atoms with E-state index in [-0.39, 0.29) is 0 Å². The van der Waals surface area contributed by atoms with E-state index in [1.54, 1.807) is 21.6 Å². The van der Waals surface area contributed by atoms with Gasteiger partial charge in [0.15, 0.2) is 0 Å². The summed E-state index contributed by atoms with van der Waals surface area (Å²) in [5, 5.41) is 1.45. The fraction of sp³-hybridized carbons (Fsp3) is 1.00. The molecule has 0 spiro atoms. The van der Waals surface area contributed by atoms with Crippen molar-refractivity contribution in [2.24, 2.45) is 23.7 Å². The summed E-state index contributed by atoms with van der Waals surface area (Å²) in [6.07, 6.45) is 11.2. The normalized spacial score (nSPS) is 44.0. The third kappa shape index (κ3) is 4.09. The molecule has 4 aliphatic rings. The van der Waals surface area contributed by atoms with E-state index in [1.807, 2.05) is 0 Å². The minimum Gasteiger partial charge on any atom is -0.327 e. The van der Waals surface area contributed by atoms with Crippen LogP contribution >= 0.6 is 52.3 Å². The molecule has 0 amide bonds. The number of hydrogen-bond acceptors (Lipinski definition) is 7. The zero-order chi connectivity index (χ0) is 14.9. The van der Waals surface area contributed by atoms with Crippen LogP contribution in [0, 0.1) is 23.7 Å². The van der Waals surface area contributed by atoms with E-state index >= 15 is 0 Å². The van der Waals surface area contributed by atoms with Gasteiger partial charge in [-0.3, -0.25) is 0 Å². The summed E-state index contributed by atoms with van der Waals surface area (Å²) in [6, 6.07) is 0. The van der Waals surface area contributed by atoms with Crippen LogP contribution in [-0.4, -0.2) is 15.4 Å². The molecule has 0 saturated heterocycles. The minimum absolute atomic E-state index is 0.725. The third-order valence-corrected chi connectivity index (χ3v) is 12.2. The van der Waals surface area contributed by atoms with Crippen LogP contribution in [0.3, 0.4) is 0 Å². The van der Waals surface area contributed by atoms with Crippen molar-refractivity contribution in [1.82, 2.24) is 0 Å². The lowest BCUT2D eigenvalue weighted by atomic mass is 10.0. The highest BCUT2D eigenvalue weighted by molar-refractivity contribution is 8.76. The molecule has 4 saturated carbocycles. The standard InChI is InChI=1S/C14H23O3PS4/c15-18(16-21-19-13-7-9-1-3-11(13)5-9)17-22-20-14-8-10-2-4-12(14)6-10/h9-15H,1-8H2. The maximum atomic E-state index is 9.81. The molecule has 3 nitrogen and oxygen atoms in total. The summed E-state index contributed by atoms with van der Waals surface area (Å²) < 4.78 is 10.8. The molecule has 0 aromatic carbocycles. The monoisotopic (exact) mass is 398 g/mol. The zero-order valence-electron chi connectivity index (χ0n) is 12.5. The molecule has 8 heteroatoms. The highest BCUT2D eigenvalue weighted by Gasteiger charge is 2.41. The third-order valence-electron chi connectivity index (χ3n) is 5.86. The molecule has 0 aromatic rings. The smallest absolute Gasteiger partial charge is 0.327 e. The molecule has 4 rings (SSSR count). The van der Waals surface area contributed by atoms with Gasteiger partial charge in [-0.15, -0.1) is 0 Å². The Bertz CT molecular complexity index is 357. The van der Waals surface area contributed by atoms with Gasteiger partial charge in [0.2, 0.25) is 0 Å². The molecule has 0 aliphatic heterocycles. The lowest BCUT2D eigenvalue weighted by Crippen LogP contribution is -2.11. The van der Waals surface area contributed by atoms with Crippen molar-refractivity contribution in [1.29, 1.82) is 0 Å². The summed E-state index contributed by atoms with van der Waals surface area (Å²) in [7, 11) is 1.85. The summed E-state index contributed by atoms with van der Waals surface area (Å²) in [6.45, 7) is 0. The van der Waals surface area contributed by atoms with Crippen molar-refractivity contribution in [2.45, 2.75) is 61.9 Å². The Morgan fingerprint density at radius 2 is 1.23 bits per heavy atom. The Morgan fingerprint density at radius 1 is 0.727 bits per heavy atom. The van der Waals surface area contributed by atoms with E-state index in [2.05, 4.69) is 0 Å². The second kappa shape index (κ2) is 7.94. The Labute approximate surface area is 150 Å². The Kier molecular flexibility index (Phi) is 6.19. The number of rotatable bonds is 8. The van der Waals surface area contributed by atoms with Gasteiger partial charge in [0.25, 0.3) is 0 Å². The molecule has 6 unspecified atom stereocenters. The first kappa shape index (κ1) is 17.1. The van der Waals surface area contributed by atoms with Crippen molar-refractivity contribution in [3.05, 3.63) is 0 Å². The van der Waals surface area contributed by atoms with Gasteiger partial charge in [-0.2, -0.15) is 0 Å². The van der Waals surface area contributed by atoms with Gasteiger partial charge in [0, 0.05) is 10.5 Å². The van der Waals surface area contributed by atoms with Crippen LogP contribution in [0.25, 0.3) is 0 Å². The average molecular weight is 399 g/mol. The van der Waals surface area contributed by atoms with Gasteiger partial charge >= 0.3 is 8.60 Å². The SMILES string of the molecule is OP(OSSC1CC2CCC1C2)OSSC1CC2CCC1C2. The Balaban J connectivity index is 1.06. The van der Waals surface area contributed by atoms with Crippen LogP contribution in [0.2, 0.25) is 0 Å². The highest BCUT2D eigenvalue weighted by atomic mass is 33.1. The second-order valence-corrected chi connectivity index (χ2v) is 12.6. The van der Waals surface area contributed by atoms with Crippen LogP contribution in [-0.2, 0) is 7.94 Å². The predicted molar refractivity (Wildman–Crippen MR) is 100 cm³/mol. The van der Waals surface area contributed by atoms with E-state index in [1.165, 1.54) is 73.5 Å². The predicted octanol–water partition coefficient (Wildman–Crippen LogP) is 6.21. The van der Waals surface area contributed by atoms with Crippen LogP contribution in [0.4, 0.5) is 0 Å². The Hall–Kier alpha value is 1.71. The van der Waals surface area contributed by atoms with E-state index in [9.17, 15) is 4.89 Å². The van der Waals surface area contributed by atoms with Gasteiger partial charge in [-0.1, -0.05) is 34.4 Å². The van der Waals surface area contributed by atoms with Gasteiger partial charge in [-0.25, -0.2) is 7.94 Å². The Morgan fingerprint density at radius 3 is 1.59 bits per heavy atom. The molecule has 126 valence electrons. The average Bonchev–Trinajstić information content (AvgIpc) is 3.28. The van der Waals surface area contributed by atoms with Crippen LogP contribution in [0.15, 0.2) is 0 Å². The summed E-state index contributed by atoms with van der Waals surface area (Å²) in [5.41, 5.74) is 0. The summed E-state index contributed by atoms with van der Waals surface area (Å²) in [4.78, 5) is 9.81. The summed E-state index contributed by atoms with van der Waals surface area (Å²) in [5.74, 6) is 3.70. The molecule has 6 atom stereocenters. The maximum absolute atomic E-state index is 9.81. The molecular formula is C14H23O3PS4. The fourth-order valence-electron chi connectivity index (χ4n) is 4.81. The molecular weight excluding hydrogens is 375 g/mol. The molecule has 0 aromatic heterocycles. The number of fused-ring (bicyclic) bond motifs is 4.